The van der Waals surface area contributed by atoms with Gasteiger partial charge in [0.2, 0.25) is 5.91 Å². The lowest BCUT2D eigenvalue weighted by atomic mass is 10.3. The lowest BCUT2D eigenvalue weighted by Crippen LogP contribution is -2.48. The van der Waals surface area contributed by atoms with Crippen LogP contribution in [-0.2, 0) is 4.79 Å². The zero-order valence-electron chi connectivity index (χ0n) is 12.4. The molecule has 0 aliphatic carbocycles. The number of hydrogen-bond acceptors (Lipinski definition) is 4. The molecule has 6 nitrogen and oxygen atoms in total. The summed E-state index contributed by atoms with van der Waals surface area (Å²) >= 11 is 3.36. The molecule has 1 aromatic carbocycles. The third kappa shape index (κ3) is 6.14. The minimum Gasteiger partial charge on any atom is -0.492 e. The number of nitrogens with zero attached hydrogens (tertiary/aromatic N) is 1. The summed E-state index contributed by atoms with van der Waals surface area (Å²) in [6, 6.07) is 6.61. The number of carbonyl (C=O) groups is 2. The number of halogens is 1. The van der Waals surface area contributed by atoms with Crippen molar-refractivity contribution in [1.82, 2.24) is 15.5 Å². The van der Waals surface area contributed by atoms with Crippen molar-refractivity contribution in [2.75, 3.05) is 27.2 Å². The first-order chi connectivity index (χ1) is 9.93. The van der Waals surface area contributed by atoms with E-state index in [4.69, 9.17) is 4.74 Å². The van der Waals surface area contributed by atoms with E-state index in [1.54, 1.807) is 14.0 Å². The Morgan fingerprint density at radius 3 is 2.52 bits per heavy atom. The fraction of sp³-hybridized carbons (Fsp3) is 0.429. The van der Waals surface area contributed by atoms with Crippen LogP contribution < -0.4 is 15.4 Å². The van der Waals surface area contributed by atoms with Crippen LogP contribution in [0.3, 0.4) is 0 Å². The maximum Gasteiger partial charge on any atom is 0.321 e. The smallest absolute Gasteiger partial charge is 0.321 e. The van der Waals surface area contributed by atoms with E-state index < -0.39 is 12.1 Å². The van der Waals surface area contributed by atoms with Gasteiger partial charge in [-0.2, -0.15) is 0 Å². The normalized spacial score (nSPS) is 11.9. The van der Waals surface area contributed by atoms with Crippen LogP contribution in [0.4, 0.5) is 4.79 Å². The third-order valence-electron chi connectivity index (χ3n) is 3.03. The Morgan fingerprint density at radius 2 is 1.95 bits per heavy atom. The third-order valence-corrected chi connectivity index (χ3v) is 3.56. The molecule has 0 bridgehead atoms. The SMILES string of the molecule is CNC(=O)NC(=O)[C@H](C)N(C)CCOc1ccc(Br)cc1. The average molecular weight is 358 g/mol. The van der Waals surface area contributed by atoms with Gasteiger partial charge in [-0.1, -0.05) is 15.9 Å². The molecule has 0 spiro atoms. The Bertz CT molecular complexity index is 479. The largest absolute Gasteiger partial charge is 0.492 e. The molecule has 0 saturated carbocycles. The summed E-state index contributed by atoms with van der Waals surface area (Å²) in [5.41, 5.74) is 0. The Kier molecular flexibility index (Phi) is 7.18. The zero-order chi connectivity index (χ0) is 15.8. The van der Waals surface area contributed by atoms with Crippen molar-refractivity contribution in [2.24, 2.45) is 0 Å². The number of rotatable bonds is 6. The van der Waals surface area contributed by atoms with Crippen molar-refractivity contribution in [3.05, 3.63) is 28.7 Å². The number of likely N-dealkylation sites (N-methyl/N-ethyl adjacent to an activating group) is 1. The topological polar surface area (TPSA) is 70.7 Å². The van der Waals surface area contributed by atoms with Crippen LogP contribution in [0.25, 0.3) is 0 Å². The molecule has 0 saturated heterocycles. The van der Waals surface area contributed by atoms with Gasteiger partial charge >= 0.3 is 6.03 Å². The van der Waals surface area contributed by atoms with Crippen LogP contribution in [0.1, 0.15) is 6.92 Å². The number of hydrogen-bond donors (Lipinski definition) is 2. The van der Waals surface area contributed by atoms with Gasteiger partial charge in [-0.15, -0.1) is 0 Å². The van der Waals surface area contributed by atoms with Crippen molar-refractivity contribution in [1.29, 1.82) is 0 Å². The Hall–Kier alpha value is -1.60. The highest BCUT2D eigenvalue weighted by atomic mass is 79.9. The van der Waals surface area contributed by atoms with Crippen LogP contribution in [0.2, 0.25) is 0 Å². The highest BCUT2D eigenvalue weighted by Gasteiger charge is 2.19. The number of carbonyl (C=O) groups excluding carboxylic acids is 2. The van der Waals surface area contributed by atoms with Gasteiger partial charge in [0.1, 0.15) is 12.4 Å². The van der Waals surface area contributed by atoms with E-state index in [0.29, 0.717) is 13.2 Å². The van der Waals surface area contributed by atoms with E-state index in [9.17, 15) is 9.59 Å². The monoisotopic (exact) mass is 357 g/mol. The van der Waals surface area contributed by atoms with Crippen LogP contribution in [0, 0.1) is 0 Å². The second-order valence-corrected chi connectivity index (χ2v) is 5.44. The molecule has 0 aromatic heterocycles. The lowest BCUT2D eigenvalue weighted by Gasteiger charge is -2.23. The molecule has 7 heteroatoms. The number of amides is 3. The predicted octanol–water partition coefficient (Wildman–Crippen LogP) is 1.60. The molecule has 1 atom stereocenters. The maximum atomic E-state index is 11.8. The Morgan fingerprint density at radius 1 is 1.33 bits per heavy atom. The number of benzene rings is 1. The van der Waals surface area contributed by atoms with Gasteiger partial charge in [-0.25, -0.2) is 4.79 Å². The molecular formula is C14H20BrN3O3. The van der Waals surface area contributed by atoms with E-state index in [-0.39, 0.29) is 5.91 Å². The van der Waals surface area contributed by atoms with Crippen LogP contribution in [0.5, 0.6) is 5.75 Å². The molecule has 0 unspecified atom stereocenters. The quantitative estimate of drug-likeness (QED) is 0.811. The summed E-state index contributed by atoms with van der Waals surface area (Å²) in [5, 5.41) is 4.59. The van der Waals surface area contributed by atoms with E-state index >= 15 is 0 Å². The second-order valence-electron chi connectivity index (χ2n) is 4.53. The molecule has 1 rings (SSSR count). The zero-order valence-corrected chi connectivity index (χ0v) is 13.9. The van der Waals surface area contributed by atoms with Crippen molar-refractivity contribution in [3.8, 4) is 5.75 Å². The van der Waals surface area contributed by atoms with Gasteiger partial charge in [0.15, 0.2) is 0 Å². The molecule has 0 heterocycles. The molecule has 2 N–H and O–H groups in total. The van der Waals surface area contributed by atoms with E-state index in [0.717, 1.165) is 10.2 Å². The summed E-state index contributed by atoms with van der Waals surface area (Å²) in [7, 11) is 3.27. The van der Waals surface area contributed by atoms with Crippen molar-refractivity contribution in [2.45, 2.75) is 13.0 Å². The standard InChI is InChI=1S/C14H20BrN3O3/c1-10(13(19)17-14(20)16-2)18(3)8-9-21-12-6-4-11(15)5-7-12/h4-7,10H,8-9H2,1-3H3,(H2,16,17,19,20)/t10-/m0/s1. The number of nitrogens with one attached hydrogen (secondary N) is 2. The molecule has 0 aliphatic heterocycles. The van der Waals surface area contributed by atoms with Gasteiger partial charge < -0.3 is 10.1 Å². The summed E-state index contributed by atoms with van der Waals surface area (Å²) < 4.78 is 6.58. The van der Waals surface area contributed by atoms with Gasteiger partial charge in [-0.3, -0.25) is 15.0 Å². The molecule has 1 aromatic rings. The first-order valence-corrected chi connectivity index (χ1v) is 7.34. The lowest BCUT2D eigenvalue weighted by molar-refractivity contribution is -0.124. The van der Waals surface area contributed by atoms with Crippen molar-refractivity contribution < 1.29 is 14.3 Å². The molecule has 116 valence electrons. The minimum absolute atomic E-state index is 0.347. The van der Waals surface area contributed by atoms with E-state index in [1.807, 2.05) is 29.2 Å². The minimum atomic E-state index is -0.508. The highest BCUT2D eigenvalue weighted by molar-refractivity contribution is 9.10. The Balaban J connectivity index is 2.35. The molecule has 0 radical (unpaired) electrons. The van der Waals surface area contributed by atoms with Crippen LogP contribution in [-0.4, -0.2) is 50.1 Å². The summed E-state index contributed by atoms with van der Waals surface area (Å²) in [6.45, 7) is 2.76. The summed E-state index contributed by atoms with van der Waals surface area (Å²) in [6.07, 6.45) is 0. The van der Waals surface area contributed by atoms with Gasteiger partial charge in [0.05, 0.1) is 6.04 Å². The van der Waals surface area contributed by atoms with Crippen molar-refractivity contribution in [3.63, 3.8) is 0 Å². The van der Waals surface area contributed by atoms with E-state index in [1.165, 1.54) is 7.05 Å². The number of imide groups is 1. The molecule has 3 amide bonds. The predicted molar refractivity (Wildman–Crippen MR) is 84.3 cm³/mol. The first-order valence-electron chi connectivity index (χ1n) is 6.55. The molecule has 0 fully saturated rings. The average Bonchev–Trinajstić information content (AvgIpc) is 2.48. The van der Waals surface area contributed by atoms with Crippen LogP contribution >= 0.6 is 15.9 Å². The number of ether oxygens (including phenoxy) is 1. The molecular weight excluding hydrogens is 338 g/mol. The van der Waals surface area contributed by atoms with Gasteiger partial charge in [0.25, 0.3) is 0 Å². The van der Waals surface area contributed by atoms with Gasteiger partial charge in [-0.05, 0) is 38.2 Å². The van der Waals surface area contributed by atoms with E-state index in [2.05, 4.69) is 26.6 Å². The highest BCUT2D eigenvalue weighted by Crippen LogP contribution is 2.15. The maximum absolute atomic E-state index is 11.8. The molecule has 21 heavy (non-hydrogen) atoms. The first kappa shape index (κ1) is 17.5. The van der Waals surface area contributed by atoms with Crippen molar-refractivity contribution >= 4 is 27.9 Å². The molecule has 0 aliphatic rings. The second kappa shape index (κ2) is 8.63. The Labute approximate surface area is 133 Å². The fourth-order valence-corrected chi connectivity index (χ4v) is 1.78. The summed E-state index contributed by atoms with van der Waals surface area (Å²) in [5.74, 6) is 0.426. The van der Waals surface area contributed by atoms with Gasteiger partial charge in [0, 0.05) is 18.1 Å². The summed E-state index contributed by atoms with van der Waals surface area (Å²) in [4.78, 5) is 24.7. The fourth-order valence-electron chi connectivity index (χ4n) is 1.51. The number of urea groups is 1. The van der Waals surface area contributed by atoms with Crippen LogP contribution in [0.15, 0.2) is 28.7 Å².